The number of hydrogen-bond donors (Lipinski definition) is 1. The third kappa shape index (κ3) is 1.55. The van der Waals surface area contributed by atoms with Gasteiger partial charge in [-0.3, -0.25) is 9.36 Å². The van der Waals surface area contributed by atoms with Gasteiger partial charge in [0.05, 0.1) is 6.54 Å². The fourth-order valence-corrected chi connectivity index (χ4v) is 1.33. The molecule has 15 heavy (non-hydrogen) atoms. The molecular formula is C9H11N5O. The van der Waals surface area contributed by atoms with Gasteiger partial charge in [0.2, 0.25) is 5.82 Å². The monoisotopic (exact) mass is 205 g/mol. The standard InChI is InChI=1S/C9H11N5O/c1-13-4-2-12-8(9(13)15)14-5-3-11-7(14)6-10/h2-5H,6,10H2,1H3. The van der Waals surface area contributed by atoms with Gasteiger partial charge < -0.3 is 10.3 Å². The van der Waals surface area contributed by atoms with E-state index in [2.05, 4.69) is 9.97 Å². The van der Waals surface area contributed by atoms with Crippen molar-refractivity contribution in [2.45, 2.75) is 6.54 Å². The van der Waals surface area contributed by atoms with E-state index in [4.69, 9.17) is 5.73 Å². The topological polar surface area (TPSA) is 78.7 Å². The Kier molecular flexibility index (Phi) is 2.34. The quantitative estimate of drug-likeness (QED) is 0.711. The third-order valence-corrected chi connectivity index (χ3v) is 2.13. The van der Waals surface area contributed by atoms with E-state index in [1.165, 1.54) is 4.57 Å². The lowest BCUT2D eigenvalue weighted by Crippen LogP contribution is -2.24. The maximum atomic E-state index is 11.7. The Labute approximate surface area is 86.0 Å². The largest absolute Gasteiger partial charge is 0.324 e. The van der Waals surface area contributed by atoms with Gasteiger partial charge in [-0.2, -0.15) is 0 Å². The highest BCUT2D eigenvalue weighted by Crippen LogP contribution is 2.01. The van der Waals surface area contributed by atoms with Crippen LogP contribution in [0.4, 0.5) is 0 Å². The van der Waals surface area contributed by atoms with Gasteiger partial charge in [0, 0.05) is 31.8 Å². The van der Waals surface area contributed by atoms with Crippen molar-refractivity contribution in [1.29, 1.82) is 0 Å². The second-order valence-electron chi connectivity index (χ2n) is 3.08. The molecule has 0 spiro atoms. The fourth-order valence-electron chi connectivity index (χ4n) is 1.33. The van der Waals surface area contributed by atoms with Gasteiger partial charge in [0.25, 0.3) is 5.56 Å². The third-order valence-electron chi connectivity index (χ3n) is 2.13. The molecule has 0 aliphatic carbocycles. The molecule has 6 heteroatoms. The van der Waals surface area contributed by atoms with Gasteiger partial charge in [-0.15, -0.1) is 0 Å². The minimum absolute atomic E-state index is 0.176. The summed E-state index contributed by atoms with van der Waals surface area (Å²) in [5.41, 5.74) is 5.32. The molecule has 0 atom stereocenters. The highest BCUT2D eigenvalue weighted by atomic mass is 16.1. The molecule has 0 aromatic carbocycles. The van der Waals surface area contributed by atoms with Crippen LogP contribution in [-0.4, -0.2) is 19.1 Å². The smallest absolute Gasteiger partial charge is 0.293 e. The summed E-state index contributed by atoms with van der Waals surface area (Å²) < 4.78 is 3.06. The Morgan fingerprint density at radius 1 is 1.33 bits per heavy atom. The Bertz CT molecular complexity index is 527. The lowest BCUT2D eigenvalue weighted by molar-refractivity contribution is 0.779. The number of aryl methyl sites for hydroxylation is 1. The van der Waals surface area contributed by atoms with E-state index in [1.807, 2.05) is 0 Å². The van der Waals surface area contributed by atoms with E-state index in [0.29, 0.717) is 11.6 Å². The van der Waals surface area contributed by atoms with Crippen molar-refractivity contribution in [2.75, 3.05) is 0 Å². The lowest BCUT2D eigenvalue weighted by atomic mass is 10.5. The summed E-state index contributed by atoms with van der Waals surface area (Å²) in [4.78, 5) is 19.8. The maximum absolute atomic E-state index is 11.7. The average Bonchev–Trinajstić information content (AvgIpc) is 2.70. The van der Waals surface area contributed by atoms with Crippen molar-refractivity contribution < 1.29 is 0 Å². The van der Waals surface area contributed by atoms with E-state index < -0.39 is 0 Å². The van der Waals surface area contributed by atoms with E-state index in [1.54, 1.807) is 36.4 Å². The highest BCUT2D eigenvalue weighted by Gasteiger charge is 2.08. The van der Waals surface area contributed by atoms with E-state index in [9.17, 15) is 4.79 Å². The van der Waals surface area contributed by atoms with Crippen LogP contribution < -0.4 is 11.3 Å². The predicted octanol–water partition coefficient (Wildman–Crippen LogP) is -0.575. The van der Waals surface area contributed by atoms with Crippen molar-refractivity contribution in [2.24, 2.45) is 12.8 Å². The molecule has 2 N–H and O–H groups in total. The van der Waals surface area contributed by atoms with E-state index in [-0.39, 0.29) is 12.1 Å². The molecule has 6 nitrogen and oxygen atoms in total. The van der Waals surface area contributed by atoms with Crippen molar-refractivity contribution >= 4 is 0 Å². The number of hydrogen-bond acceptors (Lipinski definition) is 4. The zero-order valence-corrected chi connectivity index (χ0v) is 8.29. The van der Waals surface area contributed by atoms with Gasteiger partial charge in [-0.25, -0.2) is 9.97 Å². The Morgan fingerprint density at radius 3 is 2.80 bits per heavy atom. The first-order chi connectivity index (χ1) is 7.24. The van der Waals surface area contributed by atoms with Crippen LogP contribution in [-0.2, 0) is 13.6 Å². The molecule has 2 heterocycles. The summed E-state index contributed by atoms with van der Waals surface area (Å²) in [6.07, 6.45) is 6.43. The molecule has 0 aliphatic heterocycles. The molecular weight excluding hydrogens is 194 g/mol. The number of nitrogens with two attached hydrogens (primary N) is 1. The van der Waals surface area contributed by atoms with Crippen LogP contribution in [0, 0.1) is 0 Å². The first-order valence-corrected chi connectivity index (χ1v) is 4.48. The molecule has 0 bridgehead atoms. The van der Waals surface area contributed by atoms with Crippen LogP contribution in [0.5, 0.6) is 0 Å². The Hall–Kier alpha value is -1.95. The van der Waals surface area contributed by atoms with Crippen molar-refractivity contribution in [3.8, 4) is 5.82 Å². The number of imidazole rings is 1. The second kappa shape index (κ2) is 3.66. The summed E-state index contributed by atoms with van der Waals surface area (Å²) in [6.45, 7) is 0.271. The van der Waals surface area contributed by atoms with Gasteiger partial charge in [0.1, 0.15) is 5.82 Å². The van der Waals surface area contributed by atoms with Crippen LogP contribution in [0.2, 0.25) is 0 Å². The minimum atomic E-state index is -0.176. The van der Waals surface area contributed by atoms with E-state index >= 15 is 0 Å². The van der Waals surface area contributed by atoms with E-state index in [0.717, 1.165) is 0 Å². The first-order valence-electron chi connectivity index (χ1n) is 4.48. The predicted molar refractivity (Wildman–Crippen MR) is 54.5 cm³/mol. The zero-order valence-electron chi connectivity index (χ0n) is 8.29. The van der Waals surface area contributed by atoms with Crippen molar-refractivity contribution in [3.05, 3.63) is 41.0 Å². The number of rotatable bonds is 2. The fraction of sp³-hybridized carbons (Fsp3) is 0.222. The lowest BCUT2D eigenvalue weighted by Gasteiger charge is -2.05. The molecule has 0 amide bonds. The SMILES string of the molecule is Cn1ccnc(-n2ccnc2CN)c1=O. The van der Waals surface area contributed by atoms with Crippen molar-refractivity contribution in [3.63, 3.8) is 0 Å². The van der Waals surface area contributed by atoms with Gasteiger partial charge in [0.15, 0.2) is 0 Å². The van der Waals surface area contributed by atoms with Crippen LogP contribution in [0.1, 0.15) is 5.82 Å². The van der Waals surface area contributed by atoms with Crippen LogP contribution in [0.15, 0.2) is 29.6 Å². The van der Waals surface area contributed by atoms with Gasteiger partial charge in [-0.1, -0.05) is 0 Å². The molecule has 0 aliphatic rings. The molecule has 0 radical (unpaired) electrons. The minimum Gasteiger partial charge on any atom is -0.324 e. The highest BCUT2D eigenvalue weighted by molar-refractivity contribution is 5.21. The number of aromatic nitrogens is 4. The van der Waals surface area contributed by atoms with Crippen LogP contribution >= 0.6 is 0 Å². The molecule has 0 saturated heterocycles. The second-order valence-corrected chi connectivity index (χ2v) is 3.08. The average molecular weight is 205 g/mol. The first kappa shape index (κ1) is 9.60. The Morgan fingerprint density at radius 2 is 2.07 bits per heavy atom. The molecule has 0 fully saturated rings. The van der Waals surface area contributed by atoms with Crippen LogP contribution in [0.25, 0.3) is 5.82 Å². The summed E-state index contributed by atoms with van der Waals surface area (Å²) in [7, 11) is 1.67. The number of nitrogens with zero attached hydrogens (tertiary/aromatic N) is 4. The zero-order chi connectivity index (χ0) is 10.8. The van der Waals surface area contributed by atoms with Crippen LogP contribution in [0.3, 0.4) is 0 Å². The summed E-state index contributed by atoms with van der Waals surface area (Å²) in [6, 6.07) is 0. The Balaban J connectivity index is 2.64. The van der Waals surface area contributed by atoms with Crippen molar-refractivity contribution in [1.82, 2.24) is 19.1 Å². The molecule has 2 rings (SSSR count). The van der Waals surface area contributed by atoms with Gasteiger partial charge >= 0.3 is 0 Å². The van der Waals surface area contributed by atoms with Gasteiger partial charge in [-0.05, 0) is 0 Å². The molecule has 0 saturated carbocycles. The summed E-state index contributed by atoms with van der Waals surface area (Å²) in [5.74, 6) is 0.934. The molecule has 78 valence electrons. The molecule has 2 aromatic rings. The normalized spacial score (nSPS) is 10.5. The summed E-state index contributed by atoms with van der Waals surface area (Å²) in [5, 5.41) is 0. The summed E-state index contributed by atoms with van der Waals surface area (Å²) >= 11 is 0. The maximum Gasteiger partial charge on any atom is 0.293 e. The molecule has 2 aromatic heterocycles. The molecule has 0 unspecified atom stereocenters.